The summed E-state index contributed by atoms with van der Waals surface area (Å²) in [5.41, 5.74) is 6.02. The number of ether oxygens (including phenoxy) is 1. The van der Waals surface area contributed by atoms with Crippen LogP contribution >= 0.6 is 0 Å². The number of halogens is 1. The Morgan fingerprint density at radius 3 is 2.06 bits per heavy atom. The van der Waals surface area contributed by atoms with E-state index in [0.717, 1.165) is 16.7 Å². The van der Waals surface area contributed by atoms with Gasteiger partial charge in [-0.25, -0.2) is 4.39 Å². The van der Waals surface area contributed by atoms with Crippen LogP contribution in [0.5, 0.6) is 5.75 Å². The zero-order chi connectivity index (χ0) is 37.9. The maximum atomic E-state index is 13.8. The van der Waals surface area contributed by atoms with Gasteiger partial charge in [-0.05, 0) is 82.5 Å². The van der Waals surface area contributed by atoms with Gasteiger partial charge in [0.15, 0.2) is 0 Å². The minimum Gasteiger partial charge on any atom is -0.508 e. The third kappa shape index (κ3) is 7.67. The van der Waals surface area contributed by atoms with Gasteiger partial charge < -0.3 is 40.3 Å². The molecular weight excluding hydrogens is 689 g/mol. The number of hydrogen-bond donors (Lipinski definition) is 6. The van der Waals surface area contributed by atoms with Crippen LogP contribution in [-0.2, 0) is 9.53 Å². The number of amides is 1. The lowest BCUT2D eigenvalue weighted by molar-refractivity contribution is -0.231. The van der Waals surface area contributed by atoms with E-state index in [2.05, 4.69) is 0 Å². The third-order valence-corrected chi connectivity index (χ3v) is 10.8. The number of aliphatic hydroxyl groups is 5. The van der Waals surface area contributed by atoms with E-state index in [-0.39, 0.29) is 29.8 Å². The molecule has 54 heavy (non-hydrogen) atoms. The Labute approximate surface area is 313 Å². The lowest BCUT2D eigenvalue weighted by atomic mass is 9.87. The van der Waals surface area contributed by atoms with E-state index in [0.29, 0.717) is 47.2 Å². The standard InChI is InChI=1S/C44H44FNO8/c45-33-18-13-29(14-19-33)36(48)8-4-7-32-24-39(50)46(34-20-15-27(16-21-34)26-5-2-1-3-6-26)40(32)35-22-17-31(23-37(35)49)28-9-11-30(12-10-28)44-43(53)42(52)41(51)38(25-47)54-44/h1-3,5-6,9-23,32,36,38,40-44,47-49,51-53H,4,7-8,24-25H2/t32-,36+,38+,40-,41+,42-,43+,44?/m0/s1. The molecule has 7 rings (SSSR count). The Morgan fingerprint density at radius 1 is 0.759 bits per heavy atom. The molecule has 6 N–H and O–H groups in total. The molecule has 2 heterocycles. The monoisotopic (exact) mass is 733 g/mol. The number of rotatable bonds is 11. The number of carbonyl (C=O) groups is 1. The predicted octanol–water partition coefficient (Wildman–Crippen LogP) is 6.38. The SMILES string of the molecule is O=C1C[C@H](CCC[C@@H](O)c2ccc(F)cc2)[C@@H](c2ccc(-c3ccc(C4O[C@H](CO)[C@@H](O)[C@H](O)[C@H]4O)cc3)cc2O)N1c1ccc(-c2ccccc2)cc1. The molecule has 5 aromatic carbocycles. The summed E-state index contributed by atoms with van der Waals surface area (Å²) in [5.74, 6) is -0.580. The fraction of sp³-hybridized carbons (Fsp3) is 0.295. The van der Waals surface area contributed by atoms with Crippen LogP contribution in [-0.4, -0.2) is 67.6 Å². The number of aliphatic hydroxyl groups excluding tert-OH is 5. The Hall–Kier alpha value is -4.94. The van der Waals surface area contributed by atoms with E-state index in [9.17, 15) is 39.8 Å². The van der Waals surface area contributed by atoms with Crippen molar-refractivity contribution in [2.45, 2.75) is 68.3 Å². The normalized spacial score (nSPS) is 24.8. The summed E-state index contributed by atoms with van der Waals surface area (Å²) in [6, 6.07) is 35.5. The van der Waals surface area contributed by atoms with Crippen LogP contribution in [0, 0.1) is 11.7 Å². The highest BCUT2D eigenvalue weighted by atomic mass is 19.1. The smallest absolute Gasteiger partial charge is 0.227 e. The Balaban J connectivity index is 1.14. The van der Waals surface area contributed by atoms with E-state index < -0.39 is 49.3 Å². The molecule has 2 fully saturated rings. The molecule has 8 atom stereocenters. The Kier molecular flexibility index (Phi) is 11.2. The quantitative estimate of drug-likeness (QED) is 0.0916. The van der Waals surface area contributed by atoms with Gasteiger partial charge in [-0.2, -0.15) is 0 Å². The average molecular weight is 734 g/mol. The van der Waals surface area contributed by atoms with E-state index >= 15 is 0 Å². The first-order chi connectivity index (χ1) is 26.1. The highest BCUT2D eigenvalue weighted by Gasteiger charge is 2.44. The van der Waals surface area contributed by atoms with E-state index in [1.807, 2.05) is 66.7 Å². The van der Waals surface area contributed by atoms with Crippen molar-refractivity contribution in [3.63, 3.8) is 0 Å². The highest BCUT2D eigenvalue weighted by Crippen LogP contribution is 2.47. The van der Waals surface area contributed by atoms with Gasteiger partial charge in [0.1, 0.15) is 42.1 Å². The minimum absolute atomic E-state index is 0.0208. The van der Waals surface area contributed by atoms with Crippen LogP contribution in [0.4, 0.5) is 10.1 Å². The van der Waals surface area contributed by atoms with Crippen molar-refractivity contribution in [1.82, 2.24) is 0 Å². The second kappa shape index (κ2) is 16.2. The molecule has 2 aliphatic heterocycles. The first-order valence-corrected chi connectivity index (χ1v) is 18.3. The molecule has 0 aliphatic carbocycles. The second-order valence-electron chi connectivity index (χ2n) is 14.2. The average Bonchev–Trinajstić information content (AvgIpc) is 3.52. The van der Waals surface area contributed by atoms with Gasteiger partial charge in [0.05, 0.1) is 18.8 Å². The second-order valence-corrected chi connectivity index (χ2v) is 14.2. The van der Waals surface area contributed by atoms with Crippen molar-refractivity contribution in [3.05, 3.63) is 144 Å². The van der Waals surface area contributed by atoms with Crippen molar-refractivity contribution in [1.29, 1.82) is 0 Å². The largest absolute Gasteiger partial charge is 0.508 e. The summed E-state index contributed by atoms with van der Waals surface area (Å²) in [5, 5.41) is 63.0. The van der Waals surface area contributed by atoms with Gasteiger partial charge in [-0.1, -0.05) is 97.4 Å². The number of anilines is 1. The third-order valence-electron chi connectivity index (χ3n) is 10.8. The van der Waals surface area contributed by atoms with Crippen molar-refractivity contribution < 1.29 is 44.6 Å². The molecular formula is C44H44FNO8. The van der Waals surface area contributed by atoms with Crippen molar-refractivity contribution in [2.75, 3.05) is 11.5 Å². The fourth-order valence-corrected chi connectivity index (χ4v) is 7.84. The summed E-state index contributed by atoms with van der Waals surface area (Å²) in [4.78, 5) is 15.6. The number of benzene rings is 5. The lowest BCUT2D eigenvalue weighted by Gasteiger charge is -2.40. The van der Waals surface area contributed by atoms with Gasteiger partial charge >= 0.3 is 0 Å². The molecule has 0 saturated carbocycles. The molecule has 1 amide bonds. The first-order valence-electron chi connectivity index (χ1n) is 18.3. The molecule has 2 saturated heterocycles. The summed E-state index contributed by atoms with van der Waals surface area (Å²) in [6.45, 7) is -0.521. The van der Waals surface area contributed by atoms with E-state index in [1.165, 1.54) is 12.1 Å². The molecule has 0 spiro atoms. The molecule has 5 aromatic rings. The van der Waals surface area contributed by atoms with Crippen LogP contribution in [0.1, 0.15) is 60.6 Å². The number of carbonyl (C=O) groups excluding carboxylic acids is 1. The summed E-state index contributed by atoms with van der Waals surface area (Å²) in [7, 11) is 0. The number of nitrogens with zero attached hydrogens (tertiary/aromatic N) is 1. The van der Waals surface area contributed by atoms with Crippen molar-refractivity contribution in [3.8, 4) is 28.0 Å². The summed E-state index contributed by atoms with van der Waals surface area (Å²) >= 11 is 0. The number of hydrogen-bond acceptors (Lipinski definition) is 8. The first kappa shape index (κ1) is 37.4. The van der Waals surface area contributed by atoms with Crippen LogP contribution in [0.2, 0.25) is 0 Å². The highest BCUT2D eigenvalue weighted by molar-refractivity contribution is 5.97. The molecule has 10 heteroatoms. The molecule has 0 radical (unpaired) electrons. The Bertz CT molecular complexity index is 2020. The molecule has 9 nitrogen and oxygen atoms in total. The minimum atomic E-state index is -1.49. The number of phenols is 1. The van der Waals surface area contributed by atoms with Crippen LogP contribution in [0.15, 0.2) is 121 Å². The van der Waals surface area contributed by atoms with Gasteiger partial charge in [-0.3, -0.25) is 4.79 Å². The molecule has 2 aliphatic rings. The summed E-state index contributed by atoms with van der Waals surface area (Å²) < 4.78 is 19.2. The topological polar surface area (TPSA) is 151 Å². The zero-order valence-electron chi connectivity index (χ0n) is 29.5. The zero-order valence-corrected chi connectivity index (χ0v) is 29.5. The Morgan fingerprint density at radius 2 is 1.39 bits per heavy atom. The molecule has 1 unspecified atom stereocenters. The predicted molar refractivity (Wildman–Crippen MR) is 202 cm³/mol. The molecule has 280 valence electrons. The van der Waals surface area contributed by atoms with Crippen LogP contribution in [0.25, 0.3) is 22.3 Å². The van der Waals surface area contributed by atoms with Gasteiger partial charge in [0, 0.05) is 17.7 Å². The van der Waals surface area contributed by atoms with Gasteiger partial charge in [0.25, 0.3) is 0 Å². The van der Waals surface area contributed by atoms with Crippen LogP contribution in [0.3, 0.4) is 0 Å². The van der Waals surface area contributed by atoms with Crippen molar-refractivity contribution in [2.24, 2.45) is 5.92 Å². The van der Waals surface area contributed by atoms with Crippen molar-refractivity contribution >= 4 is 11.6 Å². The fourth-order valence-electron chi connectivity index (χ4n) is 7.84. The van der Waals surface area contributed by atoms with Crippen LogP contribution < -0.4 is 4.90 Å². The maximum Gasteiger partial charge on any atom is 0.227 e. The maximum absolute atomic E-state index is 13.8. The number of phenolic OH excluding ortho intramolecular Hbond substituents is 1. The van der Waals surface area contributed by atoms with E-state index in [4.69, 9.17) is 4.74 Å². The lowest BCUT2D eigenvalue weighted by Crippen LogP contribution is -2.55. The summed E-state index contributed by atoms with van der Waals surface area (Å²) in [6.07, 6.45) is -5.20. The molecule has 0 aromatic heterocycles. The van der Waals surface area contributed by atoms with E-state index in [1.54, 1.807) is 47.4 Å². The van der Waals surface area contributed by atoms with Gasteiger partial charge in [0.2, 0.25) is 5.91 Å². The molecule has 0 bridgehead atoms. The van der Waals surface area contributed by atoms with Gasteiger partial charge in [-0.15, -0.1) is 0 Å². The number of aromatic hydroxyl groups is 1.